The number of methoxy groups -OCH3 is 1. The Labute approximate surface area is 192 Å². The fourth-order valence-electron chi connectivity index (χ4n) is 5.09. The number of rotatable bonds is 5. The Kier molecular flexibility index (Phi) is 5.56. The van der Waals surface area contributed by atoms with Gasteiger partial charge in [-0.1, -0.05) is 60.7 Å². The zero-order valence-corrected chi connectivity index (χ0v) is 18.5. The maximum absolute atomic E-state index is 14.1. The summed E-state index contributed by atoms with van der Waals surface area (Å²) in [6.07, 6.45) is 0. The fourth-order valence-corrected chi connectivity index (χ4v) is 5.09. The van der Waals surface area contributed by atoms with Gasteiger partial charge in [-0.3, -0.25) is 19.4 Å². The minimum Gasteiger partial charge on any atom is -0.494 e. The first kappa shape index (κ1) is 21.5. The molecule has 0 unspecified atom stereocenters. The predicted octanol–water partition coefficient (Wildman–Crippen LogP) is 3.93. The second-order valence-corrected chi connectivity index (χ2v) is 8.51. The molecule has 3 aromatic carbocycles. The molecule has 0 radical (unpaired) electrons. The molecular weight excluding hydrogens is 419 g/mol. The molecule has 0 saturated carbocycles. The van der Waals surface area contributed by atoms with Crippen LogP contribution in [0.1, 0.15) is 31.8 Å². The molecule has 0 aromatic heterocycles. The summed E-state index contributed by atoms with van der Waals surface area (Å²) >= 11 is 0. The van der Waals surface area contributed by atoms with Crippen molar-refractivity contribution in [1.82, 2.24) is 9.80 Å². The van der Waals surface area contributed by atoms with Gasteiger partial charge < -0.3 is 4.74 Å². The summed E-state index contributed by atoms with van der Waals surface area (Å²) in [5, 5.41) is 0. The van der Waals surface area contributed by atoms with Gasteiger partial charge in [-0.15, -0.1) is 0 Å². The summed E-state index contributed by atoms with van der Waals surface area (Å²) in [5.41, 5.74) is 1.22. The van der Waals surface area contributed by atoms with Gasteiger partial charge in [0.25, 0.3) is 0 Å². The molecule has 0 bridgehead atoms. The van der Waals surface area contributed by atoms with E-state index in [1.54, 1.807) is 30.3 Å². The van der Waals surface area contributed by atoms with E-state index in [1.165, 1.54) is 13.2 Å². The summed E-state index contributed by atoms with van der Waals surface area (Å²) in [7, 11) is 1.45. The number of halogens is 1. The Morgan fingerprint density at radius 2 is 1.45 bits per heavy atom. The molecule has 1 aliphatic carbocycles. The first-order valence-electron chi connectivity index (χ1n) is 11.1. The highest BCUT2D eigenvalue weighted by atomic mass is 19.1. The Morgan fingerprint density at radius 3 is 2.03 bits per heavy atom. The lowest BCUT2D eigenvalue weighted by Gasteiger charge is -2.44. The molecule has 5 nitrogen and oxygen atoms in total. The minimum atomic E-state index is -1.33. The molecule has 0 spiro atoms. The highest BCUT2D eigenvalue weighted by molar-refractivity contribution is 6.32. The molecule has 0 amide bonds. The van der Waals surface area contributed by atoms with Crippen LogP contribution in [0.3, 0.4) is 0 Å². The molecule has 0 atom stereocenters. The van der Waals surface area contributed by atoms with Crippen LogP contribution in [0.4, 0.5) is 4.39 Å². The quantitative estimate of drug-likeness (QED) is 0.559. The van der Waals surface area contributed by atoms with Gasteiger partial charge in [0.2, 0.25) is 0 Å². The van der Waals surface area contributed by atoms with Crippen molar-refractivity contribution in [2.45, 2.75) is 12.1 Å². The van der Waals surface area contributed by atoms with Crippen molar-refractivity contribution in [1.29, 1.82) is 0 Å². The van der Waals surface area contributed by atoms with Crippen LogP contribution in [0.25, 0.3) is 0 Å². The number of ether oxygens (including phenoxy) is 1. The third-order valence-corrected chi connectivity index (χ3v) is 6.73. The molecule has 1 fully saturated rings. The predicted molar refractivity (Wildman–Crippen MR) is 123 cm³/mol. The number of benzene rings is 3. The summed E-state index contributed by atoms with van der Waals surface area (Å²) in [5.74, 6) is -0.456. The number of carbonyl (C=O) groups excluding carboxylic acids is 2. The standard InChI is InChI=1S/C27H25FN2O3/c1-33-24-12-11-19(17-23(24)28)18-29-13-15-30(16-14-29)27(20-7-3-2-4-8-20)25(31)21-9-5-6-10-22(21)26(27)32/h2-12,17H,13-16,18H2,1H3. The van der Waals surface area contributed by atoms with Crippen molar-refractivity contribution in [3.05, 3.63) is 101 Å². The van der Waals surface area contributed by atoms with E-state index < -0.39 is 5.54 Å². The van der Waals surface area contributed by atoms with Crippen LogP contribution in [-0.2, 0) is 12.1 Å². The van der Waals surface area contributed by atoms with E-state index in [0.29, 0.717) is 49.4 Å². The highest BCUT2D eigenvalue weighted by Crippen LogP contribution is 2.42. The first-order valence-corrected chi connectivity index (χ1v) is 11.1. The molecule has 1 saturated heterocycles. The topological polar surface area (TPSA) is 49.9 Å². The molecule has 1 heterocycles. The molecule has 2 aliphatic rings. The number of carbonyl (C=O) groups is 2. The van der Waals surface area contributed by atoms with Crippen LogP contribution in [0, 0.1) is 5.82 Å². The molecule has 0 N–H and O–H groups in total. The molecule has 3 aromatic rings. The lowest BCUT2D eigenvalue weighted by atomic mass is 9.82. The number of piperazine rings is 1. The van der Waals surface area contributed by atoms with Gasteiger partial charge in [-0.2, -0.15) is 0 Å². The average Bonchev–Trinajstić information content (AvgIpc) is 3.08. The van der Waals surface area contributed by atoms with Crippen molar-refractivity contribution in [3.8, 4) is 5.75 Å². The summed E-state index contributed by atoms with van der Waals surface area (Å²) in [4.78, 5) is 31.8. The van der Waals surface area contributed by atoms with Gasteiger partial charge in [-0.25, -0.2) is 4.39 Å². The smallest absolute Gasteiger partial charge is 0.196 e. The zero-order chi connectivity index (χ0) is 23.0. The second-order valence-electron chi connectivity index (χ2n) is 8.51. The van der Waals surface area contributed by atoms with Crippen LogP contribution in [0.5, 0.6) is 5.75 Å². The van der Waals surface area contributed by atoms with Gasteiger partial charge in [0, 0.05) is 43.9 Å². The van der Waals surface area contributed by atoms with Crippen molar-refractivity contribution >= 4 is 11.6 Å². The second kappa shape index (κ2) is 8.54. The highest BCUT2D eigenvalue weighted by Gasteiger charge is 2.58. The zero-order valence-electron chi connectivity index (χ0n) is 18.5. The molecule has 1 aliphatic heterocycles. The van der Waals surface area contributed by atoms with E-state index in [4.69, 9.17) is 4.74 Å². The lowest BCUT2D eigenvalue weighted by Crippen LogP contribution is -2.60. The number of fused-ring (bicyclic) bond motifs is 1. The number of hydrogen-bond acceptors (Lipinski definition) is 5. The SMILES string of the molecule is COc1ccc(CN2CCN(C3(c4ccccc4)C(=O)c4ccccc4C3=O)CC2)cc1F. The Hall–Kier alpha value is -3.35. The summed E-state index contributed by atoms with van der Waals surface area (Å²) < 4.78 is 19.1. The van der Waals surface area contributed by atoms with E-state index in [2.05, 4.69) is 4.90 Å². The Balaban J connectivity index is 1.41. The third-order valence-electron chi connectivity index (χ3n) is 6.73. The summed E-state index contributed by atoms with van der Waals surface area (Å²) in [6, 6.07) is 21.5. The molecule has 33 heavy (non-hydrogen) atoms. The van der Waals surface area contributed by atoms with Crippen molar-refractivity contribution in [2.24, 2.45) is 0 Å². The number of ketones is 2. The van der Waals surface area contributed by atoms with Gasteiger partial charge >= 0.3 is 0 Å². The first-order chi connectivity index (χ1) is 16.1. The van der Waals surface area contributed by atoms with Crippen molar-refractivity contribution in [2.75, 3.05) is 33.3 Å². The van der Waals surface area contributed by atoms with E-state index in [-0.39, 0.29) is 23.1 Å². The van der Waals surface area contributed by atoms with Crippen LogP contribution < -0.4 is 4.74 Å². The van der Waals surface area contributed by atoms with E-state index >= 15 is 0 Å². The van der Waals surface area contributed by atoms with Gasteiger partial charge in [0.05, 0.1) is 7.11 Å². The van der Waals surface area contributed by atoms with Crippen molar-refractivity contribution in [3.63, 3.8) is 0 Å². The molecule has 6 heteroatoms. The van der Waals surface area contributed by atoms with Crippen LogP contribution in [0.2, 0.25) is 0 Å². The number of hydrogen-bond donors (Lipinski definition) is 0. The minimum absolute atomic E-state index is 0.153. The number of nitrogens with zero attached hydrogens (tertiary/aromatic N) is 2. The monoisotopic (exact) mass is 444 g/mol. The molecular formula is C27H25FN2O3. The normalized spacial score (nSPS) is 18.4. The third kappa shape index (κ3) is 3.46. The van der Waals surface area contributed by atoms with Gasteiger partial charge in [0.15, 0.2) is 28.7 Å². The Morgan fingerprint density at radius 1 is 0.848 bits per heavy atom. The van der Waals surface area contributed by atoms with Crippen LogP contribution in [0.15, 0.2) is 72.8 Å². The van der Waals surface area contributed by atoms with E-state index in [1.807, 2.05) is 41.3 Å². The maximum Gasteiger partial charge on any atom is 0.196 e. The molecule has 5 rings (SSSR count). The van der Waals surface area contributed by atoms with Gasteiger partial charge in [-0.05, 0) is 23.3 Å². The largest absolute Gasteiger partial charge is 0.494 e. The summed E-state index contributed by atoms with van der Waals surface area (Å²) in [6.45, 7) is 3.03. The fraction of sp³-hybridized carbons (Fsp3) is 0.259. The van der Waals surface area contributed by atoms with Crippen LogP contribution >= 0.6 is 0 Å². The number of Topliss-reactive ketones (excluding diaryl/α,β-unsaturated/α-hetero) is 2. The van der Waals surface area contributed by atoms with E-state index in [0.717, 1.165) is 5.56 Å². The lowest BCUT2D eigenvalue weighted by molar-refractivity contribution is 0.0279. The van der Waals surface area contributed by atoms with Crippen LogP contribution in [-0.4, -0.2) is 54.7 Å². The average molecular weight is 445 g/mol. The van der Waals surface area contributed by atoms with Crippen molar-refractivity contribution < 1.29 is 18.7 Å². The molecule has 168 valence electrons. The Bertz CT molecular complexity index is 1170. The van der Waals surface area contributed by atoms with Gasteiger partial charge in [0.1, 0.15) is 0 Å². The maximum atomic E-state index is 14.1. The van der Waals surface area contributed by atoms with E-state index in [9.17, 15) is 14.0 Å².